The first-order valence-electron chi connectivity index (χ1n) is 6.71. The van der Waals surface area contributed by atoms with Crippen LogP contribution in [0.4, 0.5) is 10.1 Å². The van der Waals surface area contributed by atoms with E-state index in [1.54, 1.807) is 43.5 Å². The smallest absolute Gasteiger partial charge is 0.269 e. The highest BCUT2D eigenvalue weighted by atomic mass is 32.1. The molecule has 0 saturated carbocycles. The van der Waals surface area contributed by atoms with Crippen molar-refractivity contribution in [2.24, 2.45) is 0 Å². The van der Waals surface area contributed by atoms with E-state index in [1.165, 1.54) is 12.1 Å². The van der Waals surface area contributed by atoms with Crippen LogP contribution < -0.4 is 10.1 Å². The van der Waals surface area contributed by atoms with E-state index in [4.69, 9.17) is 4.74 Å². The standard InChI is InChI=1S/C16H12FN3O2S/c1-22-11-8-6-10(7-9-11)14-15(23-20-19-14)16(21)18-13-5-3-2-4-12(13)17/h2-9H,1H3,(H,18,21). The van der Waals surface area contributed by atoms with E-state index in [2.05, 4.69) is 14.9 Å². The third kappa shape index (κ3) is 3.19. The first-order chi connectivity index (χ1) is 11.2. The Bertz CT molecular complexity index is 833. The van der Waals surface area contributed by atoms with Gasteiger partial charge in [0.15, 0.2) is 0 Å². The van der Waals surface area contributed by atoms with Gasteiger partial charge in [0.1, 0.15) is 22.1 Å². The van der Waals surface area contributed by atoms with Crippen LogP contribution >= 0.6 is 11.5 Å². The lowest BCUT2D eigenvalue weighted by Gasteiger charge is -2.06. The summed E-state index contributed by atoms with van der Waals surface area (Å²) in [4.78, 5) is 12.7. The van der Waals surface area contributed by atoms with Crippen LogP contribution in [-0.2, 0) is 0 Å². The highest BCUT2D eigenvalue weighted by Gasteiger charge is 2.19. The molecular weight excluding hydrogens is 317 g/mol. The molecule has 0 fully saturated rings. The molecule has 1 amide bonds. The topological polar surface area (TPSA) is 64.1 Å². The number of aromatic nitrogens is 2. The van der Waals surface area contributed by atoms with E-state index >= 15 is 0 Å². The third-order valence-corrected chi connectivity index (χ3v) is 3.90. The number of ether oxygens (including phenoxy) is 1. The van der Waals surface area contributed by atoms with Gasteiger partial charge in [0.05, 0.1) is 12.8 Å². The van der Waals surface area contributed by atoms with Gasteiger partial charge in [-0.3, -0.25) is 4.79 Å². The fraction of sp³-hybridized carbons (Fsp3) is 0.0625. The van der Waals surface area contributed by atoms with Gasteiger partial charge in [-0.15, -0.1) is 5.10 Å². The Labute approximate surface area is 135 Å². The number of hydrogen-bond donors (Lipinski definition) is 1. The summed E-state index contributed by atoms with van der Waals surface area (Å²) in [6, 6.07) is 13.1. The van der Waals surface area contributed by atoms with Crippen LogP contribution in [0.15, 0.2) is 48.5 Å². The van der Waals surface area contributed by atoms with Gasteiger partial charge >= 0.3 is 0 Å². The summed E-state index contributed by atoms with van der Waals surface area (Å²) < 4.78 is 22.6. The van der Waals surface area contributed by atoms with E-state index in [0.717, 1.165) is 17.1 Å². The van der Waals surface area contributed by atoms with Crippen LogP contribution in [0, 0.1) is 5.82 Å². The van der Waals surface area contributed by atoms with Crippen molar-refractivity contribution < 1.29 is 13.9 Å². The fourth-order valence-electron chi connectivity index (χ4n) is 2.02. The lowest BCUT2D eigenvalue weighted by atomic mass is 10.1. The van der Waals surface area contributed by atoms with Crippen LogP contribution in [0.5, 0.6) is 5.75 Å². The molecule has 0 aliphatic heterocycles. The van der Waals surface area contributed by atoms with E-state index in [-0.39, 0.29) is 5.69 Å². The van der Waals surface area contributed by atoms with E-state index in [0.29, 0.717) is 16.3 Å². The van der Waals surface area contributed by atoms with Gasteiger partial charge in [0.2, 0.25) is 0 Å². The number of benzene rings is 2. The molecule has 0 unspecified atom stereocenters. The second kappa shape index (κ2) is 6.53. The number of methoxy groups -OCH3 is 1. The molecule has 0 bridgehead atoms. The Balaban J connectivity index is 1.88. The molecule has 3 aromatic rings. The highest BCUT2D eigenvalue weighted by Crippen LogP contribution is 2.27. The molecule has 3 rings (SSSR count). The molecule has 0 spiro atoms. The van der Waals surface area contributed by atoms with E-state index < -0.39 is 11.7 Å². The predicted octanol–water partition coefficient (Wildman–Crippen LogP) is 3.61. The van der Waals surface area contributed by atoms with E-state index in [9.17, 15) is 9.18 Å². The summed E-state index contributed by atoms with van der Waals surface area (Å²) in [6.07, 6.45) is 0. The van der Waals surface area contributed by atoms with Gasteiger partial charge < -0.3 is 10.1 Å². The van der Waals surface area contributed by atoms with Crippen molar-refractivity contribution in [1.82, 2.24) is 9.59 Å². The van der Waals surface area contributed by atoms with Crippen molar-refractivity contribution in [3.05, 3.63) is 59.2 Å². The number of amides is 1. The molecule has 1 aromatic heterocycles. The van der Waals surface area contributed by atoms with Crippen LogP contribution in [0.1, 0.15) is 9.67 Å². The minimum absolute atomic E-state index is 0.117. The zero-order valence-corrected chi connectivity index (χ0v) is 12.9. The van der Waals surface area contributed by atoms with Crippen molar-refractivity contribution in [2.75, 3.05) is 12.4 Å². The van der Waals surface area contributed by atoms with Gasteiger partial charge in [0, 0.05) is 5.56 Å². The Hall–Kier alpha value is -2.80. The molecule has 23 heavy (non-hydrogen) atoms. The number of nitrogens with zero attached hydrogens (tertiary/aromatic N) is 2. The number of nitrogens with one attached hydrogen (secondary N) is 1. The average Bonchev–Trinajstić information content (AvgIpc) is 3.07. The molecule has 0 saturated heterocycles. The summed E-state index contributed by atoms with van der Waals surface area (Å²) in [5.74, 6) is -0.241. The summed E-state index contributed by atoms with van der Waals surface area (Å²) in [6.45, 7) is 0. The molecular formula is C16H12FN3O2S. The molecule has 0 aliphatic carbocycles. The van der Waals surface area contributed by atoms with Crippen molar-refractivity contribution in [3.8, 4) is 17.0 Å². The Morgan fingerprint density at radius 3 is 2.61 bits per heavy atom. The first-order valence-corrected chi connectivity index (χ1v) is 7.49. The number of carbonyl (C=O) groups is 1. The monoisotopic (exact) mass is 329 g/mol. The second-order valence-electron chi connectivity index (χ2n) is 4.61. The van der Waals surface area contributed by atoms with Crippen molar-refractivity contribution in [1.29, 1.82) is 0 Å². The third-order valence-electron chi connectivity index (χ3n) is 3.18. The Morgan fingerprint density at radius 1 is 1.17 bits per heavy atom. The van der Waals surface area contributed by atoms with E-state index in [1.807, 2.05) is 0 Å². The van der Waals surface area contributed by atoms with Gasteiger partial charge in [0.25, 0.3) is 5.91 Å². The molecule has 0 atom stereocenters. The van der Waals surface area contributed by atoms with Crippen LogP contribution in [0.3, 0.4) is 0 Å². The number of anilines is 1. The maximum Gasteiger partial charge on any atom is 0.269 e. The average molecular weight is 329 g/mol. The van der Waals surface area contributed by atoms with Gasteiger partial charge in [-0.25, -0.2) is 4.39 Å². The Morgan fingerprint density at radius 2 is 1.91 bits per heavy atom. The number of hydrogen-bond acceptors (Lipinski definition) is 5. The molecule has 0 radical (unpaired) electrons. The predicted molar refractivity (Wildman–Crippen MR) is 86.3 cm³/mol. The molecule has 0 aliphatic rings. The second-order valence-corrected chi connectivity index (χ2v) is 5.37. The summed E-state index contributed by atoms with van der Waals surface area (Å²) >= 11 is 0.961. The van der Waals surface area contributed by atoms with Gasteiger partial charge in [-0.2, -0.15) is 0 Å². The quantitative estimate of drug-likeness (QED) is 0.794. The molecule has 2 aromatic carbocycles. The lowest BCUT2D eigenvalue weighted by molar-refractivity contribution is 0.103. The largest absolute Gasteiger partial charge is 0.497 e. The van der Waals surface area contributed by atoms with Crippen molar-refractivity contribution in [3.63, 3.8) is 0 Å². The normalized spacial score (nSPS) is 10.3. The molecule has 116 valence electrons. The lowest BCUT2D eigenvalue weighted by Crippen LogP contribution is -2.12. The number of rotatable bonds is 4. The van der Waals surface area contributed by atoms with Crippen LogP contribution in [-0.4, -0.2) is 22.6 Å². The summed E-state index contributed by atoms with van der Waals surface area (Å²) in [5.41, 5.74) is 1.30. The first kappa shape index (κ1) is 15.1. The fourth-order valence-corrected chi connectivity index (χ4v) is 2.60. The number of carbonyl (C=O) groups excluding carboxylic acids is 1. The minimum atomic E-state index is -0.496. The maximum absolute atomic E-state index is 13.6. The molecule has 7 heteroatoms. The minimum Gasteiger partial charge on any atom is -0.497 e. The molecule has 1 N–H and O–H groups in total. The SMILES string of the molecule is COc1ccc(-c2nnsc2C(=O)Nc2ccccc2F)cc1. The van der Waals surface area contributed by atoms with Crippen LogP contribution in [0.25, 0.3) is 11.3 Å². The number of para-hydroxylation sites is 1. The van der Waals surface area contributed by atoms with Crippen molar-refractivity contribution >= 4 is 23.1 Å². The number of halogens is 1. The van der Waals surface area contributed by atoms with Crippen LogP contribution in [0.2, 0.25) is 0 Å². The summed E-state index contributed by atoms with van der Waals surface area (Å²) in [7, 11) is 1.58. The zero-order chi connectivity index (χ0) is 16.2. The van der Waals surface area contributed by atoms with Gasteiger partial charge in [-0.1, -0.05) is 16.6 Å². The zero-order valence-electron chi connectivity index (χ0n) is 12.1. The van der Waals surface area contributed by atoms with Gasteiger partial charge in [-0.05, 0) is 47.9 Å². The maximum atomic E-state index is 13.6. The Kier molecular flexibility index (Phi) is 4.29. The highest BCUT2D eigenvalue weighted by molar-refractivity contribution is 7.08. The van der Waals surface area contributed by atoms with Crippen molar-refractivity contribution in [2.45, 2.75) is 0 Å². The molecule has 5 nitrogen and oxygen atoms in total. The molecule has 1 heterocycles. The summed E-state index contributed by atoms with van der Waals surface area (Å²) in [5, 5.41) is 6.54.